The van der Waals surface area contributed by atoms with Crippen molar-refractivity contribution in [3.8, 4) is 11.8 Å². The number of likely N-dealkylation sites (N-methyl/N-ethyl adjacent to an activating group) is 1. The van der Waals surface area contributed by atoms with Crippen LogP contribution in [-0.4, -0.2) is 25.3 Å². The van der Waals surface area contributed by atoms with Crippen LogP contribution < -0.4 is 5.32 Å². The molecule has 0 amide bonds. The van der Waals surface area contributed by atoms with Gasteiger partial charge in [-0.1, -0.05) is 13.8 Å². The number of ether oxygens (including phenoxy) is 1. The predicted molar refractivity (Wildman–Crippen MR) is 61.2 cm³/mol. The van der Waals surface area contributed by atoms with Crippen molar-refractivity contribution in [2.75, 3.05) is 13.2 Å². The molecule has 0 bridgehead atoms. The minimum Gasteiger partial charge on any atom is -0.377 e. The van der Waals surface area contributed by atoms with Crippen LogP contribution in [0.1, 0.15) is 40.5 Å². The third-order valence-electron chi connectivity index (χ3n) is 2.20. The van der Waals surface area contributed by atoms with Gasteiger partial charge in [-0.25, -0.2) is 0 Å². The van der Waals surface area contributed by atoms with Crippen LogP contribution in [0.4, 0.5) is 0 Å². The van der Waals surface area contributed by atoms with Gasteiger partial charge in [0.1, 0.15) is 0 Å². The van der Waals surface area contributed by atoms with E-state index >= 15 is 0 Å². The lowest BCUT2D eigenvalue weighted by atomic mass is 10.1. The molecule has 0 rings (SSSR count). The molecular formula is C12H23NO. The van der Waals surface area contributed by atoms with Crippen molar-refractivity contribution in [1.29, 1.82) is 0 Å². The van der Waals surface area contributed by atoms with Crippen LogP contribution in [0.25, 0.3) is 0 Å². The third kappa shape index (κ3) is 5.26. The zero-order valence-electron chi connectivity index (χ0n) is 9.89. The van der Waals surface area contributed by atoms with E-state index in [0.717, 1.165) is 26.0 Å². The Morgan fingerprint density at radius 1 is 1.29 bits per heavy atom. The minimum atomic E-state index is 0.292. The van der Waals surface area contributed by atoms with Gasteiger partial charge in [0.05, 0.1) is 6.10 Å². The Kier molecular flexibility index (Phi) is 8.72. The summed E-state index contributed by atoms with van der Waals surface area (Å²) in [7, 11) is 0. The molecule has 0 spiro atoms. The third-order valence-corrected chi connectivity index (χ3v) is 2.20. The average molecular weight is 197 g/mol. The Hall–Kier alpha value is -0.520. The summed E-state index contributed by atoms with van der Waals surface area (Å²) in [5.74, 6) is 6.05. The molecule has 0 aromatic carbocycles. The summed E-state index contributed by atoms with van der Waals surface area (Å²) in [6, 6.07) is 0.373. The molecule has 2 unspecified atom stereocenters. The van der Waals surface area contributed by atoms with Gasteiger partial charge in [-0.05, 0) is 26.8 Å². The number of rotatable bonds is 7. The molecule has 0 heterocycles. The van der Waals surface area contributed by atoms with Crippen LogP contribution in [-0.2, 0) is 4.74 Å². The van der Waals surface area contributed by atoms with Crippen molar-refractivity contribution in [3.05, 3.63) is 0 Å². The second kappa shape index (κ2) is 9.05. The Labute approximate surface area is 88.4 Å². The first-order valence-corrected chi connectivity index (χ1v) is 5.54. The van der Waals surface area contributed by atoms with Gasteiger partial charge in [0.15, 0.2) is 0 Å². The lowest BCUT2D eigenvalue weighted by molar-refractivity contribution is 0.0335. The van der Waals surface area contributed by atoms with E-state index in [1.165, 1.54) is 0 Å². The fourth-order valence-electron chi connectivity index (χ4n) is 1.54. The van der Waals surface area contributed by atoms with Gasteiger partial charge in [-0.3, -0.25) is 0 Å². The van der Waals surface area contributed by atoms with Gasteiger partial charge in [-0.2, -0.15) is 0 Å². The van der Waals surface area contributed by atoms with Gasteiger partial charge in [0.25, 0.3) is 0 Å². The summed E-state index contributed by atoms with van der Waals surface area (Å²) in [4.78, 5) is 0. The highest BCUT2D eigenvalue weighted by molar-refractivity contribution is 4.99. The van der Waals surface area contributed by atoms with Crippen LogP contribution in [0, 0.1) is 11.8 Å². The molecule has 0 saturated carbocycles. The molecule has 1 N–H and O–H groups in total. The Balaban J connectivity index is 4.15. The minimum absolute atomic E-state index is 0.292. The molecule has 2 heteroatoms. The molecule has 0 fully saturated rings. The smallest absolute Gasteiger partial charge is 0.0734 e. The molecule has 0 aromatic heterocycles. The van der Waals surface area contributed by atoms with Crippen LogP contribution >= 0.6 is 0 Å². The topological polar surface area (TPSA) is 21.3 Å². The molecule has 0 aliphatic rings. The highest BCUT2D eigenvalue weighted by Crippen LogP contribution is 2.07. The SMILES string of the molecule is CC#CCC(NCC)C(CC)OCC. The van der Waals surface area contributed by atoms with E-state index < -0.39 is 0 Å². The van der Waals surface area contributed by atoms with Gasteiger partial charge in [0, 0.05) is 19.1 Å². The summed E-state index contributed by atoms with van der Waals surface area (Å²) < 4.78 is 5.67. The van der Waals surface area contributed by atoms with Crippen molar-refractivity contribution >= 4 is 0 Å². The van der Waals surface area contributed by atoms with Crippen molar-refractivity contribution in [3.63, 3.8) is 0 Å². The molecule has 14 heavy (non-hydrogen) atoms. The van der Waals surface area contributed by atoms with Gasteiger partial charge in [0.2, 0.25) is 0 Å². The van der Waals surface area contributed by atoms with E-state index in [-0.39, 0.29) is 0 Å². The van der Waals surface area contributed by atoms with Gasteiger partial charge < -0.3 is 10.1 Å². The molecule has 0 aromatic rings. The second-order valence-electron chi connectivity index (χ2n) is 3.20. The van der Waals surface area contributed by atoms with E-state index in [9.17, 15) is 0 Å². The van der Waals surface area contributed by atoms with Crippen molar-refractivity contribution in [2.45, 2.75) is 52.7 Å². The molecular weight excluding hydrogens is 174 g/mol. The number of hydrogen-bond donors (Lipinski definition) is 1. The number of hydrogen-bond acceptors (Lipinski definition) is 2. The summed E-state index contributed by atoms with van der Waals surface area (Å²) in [5, 5.41) is 3.43. The molecule has 0 saturated heterocycles. The summed E-state index contributed by atoms with van der Waals surface area (Å²) >= 11 is 0. The van der Waals surface area contributed by atoms with E-state index in [0.29, 0.717) is 12.1 Å². The largest absolute Gasteiger partial charge is 0.377 e. The standard InChI is InChI=1S/C12H23NO/c1-5-9-10-11(13-7-3)12(6-2)14-8-4/h11-13H,6-8,10H2,1-4H3. The lowest BCUT2D eigenvalue weighted by Gasteiger charge is -2.25. The summed E-state index contributed by atoms with van der Waals surface area (Å²) in [6.07, 6.45) is 2.21. The molecule has 2 nitrogen and oxygen atoms in total. The maximum atomic E-state index is 5.67. The van der Waals surface area contributed by atoms with E-state index in [1.54, 1.807) is 0 Å². The zero-order valence-corrected chi connectivity index (χ0v) is 9.89. The molecule has 0 aliphatic heterocycles. The van der Waals surface area contributed by atoms with Crippen LogP contribution in [0.2, 0.25) is 0 Å². The summed E-state index contributed by atoms with van der Waals surface area (Å²) in [6.45, 7) is 9.94. The Morgan fingerprint density at radius 2 is 2.00 bits per heavy atom. The van der Waals surface area contributed by atoms with Crippen LogP contribution in [0.3, 0.4) is 0 Å². The van der Waals surface area contributed by atoms with Crippen molar-refractivity contribution < 1.29 is 4.74 Å². The van der Waals surface area contributed by atoms with Crippen molar-refractivity contribution in [2.24, 2.45) is 0 Å². The lowest BCUT2D eigenvalue weighted by Crippen LogP contribution is -2.40. The van der Waals surface area contributed by atoms with Crippen LogP contribution in [0.5, 0.6) is 0 Å². The highest BCUT2D eigenvalue weighted by atomic mass is 16.5. The van der Waals surface area contributed by atoms with E-state index in [1.807, 2.05) is 13.8 Å². The zero-order chi connectivity index (χ0) is 10.8. The Bertz CT molecular complexity index is 180. The summed E-state index contributed by atoms with van der Waals surface area (Å²) in [5.41, 5.74) is 0. The molecule has 0 radical (unpaired) electrons. The fourth-order valence-corrected chi connectivity index (χ4v) is 1.54. The predicted octanol–water partition coefficient (Wildman–Crippen LogP) is 2.19. The normalized spacial score (nSPS) is 14.3. The van der Waals surface area contributed by atoms with Crippen molar-refractivity contribution in [1.82, 2.24) is 5.32 Å². The monoisotopic (exact) mass is 197 g/mol. The second-order valence-corrected chi connectivity index (χ2v) is 3.20. The fraction of sp³-hybridized carbons (Fsp3) is 0.833. The highest BCUT2D eigenvalue weighted by Gasteiger charge is 2.17. The first kappa shape index (κ1) is 13.5. The molecule has 0 aliphatic carbocycles. The quantitative estimate of drug-likeness (QED) is 0.632. The first-order chi connectivity index (χ1) is 6.79. The number of nitrogens with one attached hydrogen (secondary N) is 1. The molecule has 82 valence electrons. The van der Waals surface area contributed by atoms with Crippen LogP contribution in [0.15, 0.2) is 0 Å². The molecule has 2 atom stereocenters. The maximum Gasteiger partial charge on any atom is 0.0734 e. The van der Waals surface area contributed by atoms with E-state index in [4.69, 9.17) is 4.74 Å². The maximum absolute atomic E-state index is 5.67. The first-order valence-electron chi connectivity index (χ1n) is 5.54. The van der Waals surface area contributed by atoms with E-state index in [2.05, 4.69) is 31.0 Å². The van der Waals surface area contributed by atoms with Gasteiger partial charge >= 0.3 is 0 Å². The average Bonchev–Trinajstić information content (AvgIpc) is 2.21. The van der Waals surface area contributed by atoms with Gasteiger partial charge in [-0.15, -0.1) is 11.8 Å². The Morgan fingerprint density at radius 3 is 2.43 bits per heavy atom.